The van der Waals surface area contributed by atoms with E-state index in [-0.39, 0.29) is 17.1 Å². The lowest BCUT2D eigenvalue weighted by atomic mass is 10.2. The van der Waals surface area contributed by atoms with Crippen molar-refractivity contribution >= 4 is 33.2 Å². The van der Waals surface area contributed by atoms with Crippen LogP contribution in [0.5, 0.6) is 5.75 Å². The van der Waals surface area contributed by atoms with Gasteiger partial charge in [0.2, 0.25) is 10.0 Å². The van der Waals surface area contributed by atoms with E-state index in [9.17, 15) is 17.6 Å². The second-order valence-electron chi connectivity index (χ2n) is 7.55. The van der Waals surface area contributed by atoms with Gasteiger partial charge in [0, 0.05) is 23.7 Å². The third-order valence-electron chi connectivity index (χ3n) is 5.22. The first-order valence-corrected chi connectivity index (χ1v) is 12.3. The van der Waals surface area contributed by atoms with Gasteiger partial charge in [-0.2, -0.15) is 4.31 Å². The number of carbonyl (C=O) groups excluding carboxylic acids is 1. The third kappa shape index (κ3) is 5.74. The highest BCUT2D eigenvalue weighted by molar-refractivity contribution is 7.89. The average molecular weight is 505 g/mol. The van der Waals surface area contributed by atoms with Crippen LogP contribution in [0, 0.1) is 5.82 Å². The largest absolute Gasteiger partial charge is 0.487 e. The highest BCUT2D eigenvalue weighted by atomic mass is 35.5. The van der Waals surface area contributed by atoms with Crippen molar-refractivity contribution in [2.24, 2.45) is 0 Å². The van der Waals surface area contributed by atoms with Gasteiger partial charge in [-0.3, -0.25) is 4.79 Å². The van der Waals surface area contributed by atoms with Crippen LogP contribution >= 0.6 is 11.6 Å². The van der Waals surface area contributed by atoms with Crippen molar-refractivity contribution in [1.82, 2.24) is 4.31 Å². The van der Waals surface area contributed by atoms with Gasteiger partial charge in [0.25, 0.3) is 5.91 Å². The highest BCUT2D eigenvalue weighted by Gasteiger charge is 2.26. The predicted molar refractivity (Wildman–Crippen MR) is 126 cm³/mol. The van der Waals surface area contributed by atoms with Crippen LogP contribution in [-0.2, 0) is 21.4 Å². The lowest BCUT2D eigenvalue weighted by Gasteiger charge is -2.26. The molecule has 0 aromatic heterocycles. The molecule has 3 aromatic rings. The Morgan fingerprint density at radius 3 is 2.38 bits per heavy atom. The van der Waals surface area contributed by atoms with Crippen molar-refractivity contribution in [1.29, 1.82) is 0 Å². The molecule has 1 aliphatic heterocycles. The zero-order valence-corrected chi connectivity index (χ0v) is 19.6. The summed E-state index contributed by atoms with van der Waals surface area (Å²) in [4.78, 5) is 12.7. The van der Waals surface area contributed by atoms with Crippen LogP contribution in [0.4, 0.5) is 10.1 Å². The van der Waals surface area contributed by atoms with Gasteiger partial charge in [-0.05, 0) is 60.2 Å². The summed E-state index contributed by atoms with van der Waals surface area (Å²) in [6, 6.07) is 16.4. The zero-order chi connectivity index (χ0) is 24.1. The molecular weight excluding hydrogens is 483 g/mol. The van der Waals surface area contributed by atoms with Crippen molar-refractivity contribution in [3.63, 3.8) is 0 Å². The van der Waals surface area contributed by atoms with Gasteiger partial charge in [-0.25, -0.2) is 12.8 Å². The van der Waals surface area contributed by atoms with Crippen molar-refractivity contribution in [2.45, 2.75) is 11.5 Å². The molecule has 0 radical (unpaired) electrons. The highest BCUT2D eigenvalue weighted by Crippen LogP contribution is 2.29. The van der Waals surface area contributed by atoms with Crippen molar-refractivity contribution < 1.29 is 27.1 Å². The number of morpholine rings is 1. The minimum Gasteiger partial charge on any atom is -0.487 e. The van der Waals surface area contributed by atoms with E-state index in [1.807, 2.05) is 0 Å². The minimum atomic E-state index is -3.57. The van der Waals surface area contributed by atoms with Crippen molar-refractivity contribution in [2.75, 3.05) is 31.6 Å². The molecule has 4 rings (SSSR count). The summed E-state index contributed by atoms with van der Waals surface area (Å²) in [5.74, 6) is -0.498. The molecule has 1 N–H and O–H groups in total. The molecule has 1 amide bonds. The van der Waals surface area contributed by atoms with E-state index in [0.717, 1.165) is 5.56 Å². The molecule has 3 aromatic carbocycles. The van der Waals surface area contributed by atoms with Crippen LogP contribution in [0.3, 0.4) is 0 Å². The molecule has 34 heavy (non-hydrogen) atoms. The van der Waals surface area contributed by atoms with Crippen LogP contribution in [0.2, 0.25) is 5.02 Å². The Morgan fingerprint density at radius 2 is 1.71 bits per heavy atom. The van der Waals surface area contributed by atoms with Crippen molar-refractivity contribution in [3.8, 4) is 5.75 Å². The maximum Gasteiger partial charge on any atom is 0.255 e. The van der Waals surface area contributed by atoms with Gasteiger partial charge in [-0.1, -0.05) is 23.7 Å². The standard InChI is InChI=1S/C24H22ClFN2O5S/c25-19-5-10-23(22(15-19)27-24(29)18-3-6-20(26)7-4-18)33-16-17-1-8-21(9-2-17)34(30,31)28-11-13-32-14-12-28/h1-10,15H,11-14,16H2,(H,27,29). The maximum absolute atomic E-state index is 13.1. The van der Waals surface area contributed by atoms with Gasteiger partial charge >= 0.3 is 0 Å². The van der Waals surface area contributed by atoms with Crippen LogP contribution in [0.1, 0.15) is 15.9 Å². The van der Waals surface area contributed by atoms with Gasteiger partial charge in [-0.15, -0.1) is 0 Å². The Balaban J connectivity index is 1.44. The average Bonchev–Trinajstić information content (AvgIpc) is 2.85. The first-order valence-electron chi connectivity index (χ1n) is 10.5. The Bertz CT molecular complexity index is 1260. The second-order valence-corrected chi connectivity index (χ2v) is 9.92. The minimum absolute atomic E-state index is 0.138. The molecule has 1 aliphatic rings. The molecular formula is C24H22ClFN2O5S. The Morgan fingerprint density at radius 1 is 1.03 bits per heavy atom. The number of rotatable bonds is 7. The number of hydrogen-bond donors (Lipinski definition) is 1. The van der Waals surface area contributed by atoms with Crippen molar-refractivity contribution in [3.05, 3.63) is 88.7 Å². The quantitative estimate of drug-likeness (QED) is 0.517. The number of sulfonamides is 1. The second kappa shape index (κ2) is 10.5. The molecule has 10 heteroatoms. The monoisotopic (exact) mass is 504 g/mol. The summed E-state index contributed by atoms with van der Waals surface area (Å²) in [6.07, 6.45) is 0. The molecule has 0 unspecified atom stereocenters. The lowest BCUT2D eigenvalue weighted by molar-refractivity contribution is 0.0730. The summed E-state index contributed by atoms with van der Waals surface area (Å²) in [6.45, 7) is 1.56. The molecule has 7 nitrogen and oxygen atoms in total. The fraction of sp³-hybridized carbons (Fsp3) is 0.208. The summed E-state index contributed by atoms with van der Waals surface area (Å²) in [5, 5.41) is 3.13. The molecule has 1 saturated heterocycles. The smallest absolute Gasteiger partial charge is 0.255 e. The fourth-order valence-electron chi connectivity index (χ4n) is 3.38. The third-order valence-corrected chi connectivity index (χ3v) is 7.37. The fourth-order valence-corrected chi connectivity index (χ4v) is 4.96. The topological polar surface area (TPSA) is 84.9 Å². The number of anilines is 1. The number of amides is 1. The van der Waals surface area contributed by atoms with E-state index in [0.29, 0.717) is 42.8 Å². The van der Waals surface area contributed by atoms with E-state index in [4.69, 9.17) is 21.1 Å². The van der Waals surface area contributed by atoms with Gasteiger partial charge < -0.3 is 14.8 Å². The first kappa shape index (κ1) is 24.2. The summed E-state index contributed by atoms with van der Waals surface area (Å²) < 4.78 is 51.1. The molecule has 0 spiro atoms. The number of hydrogen-bond acceptors (Lipinski definition) is 5. The normalized spacial score (nSPS) is 14.5. The van der Waals surface area contributed by atoms with E-state index >= 15 is 0 Å². The summed E-state index contributed by atoms with van der Waals surface area (Å²) in [7, 11) is -3.57. The van der Waals surface area contributed by atoms with Crippen LogP contribution in [0.25, 0.3) is 0 Å². The first-order chi connectivity index (χ1) is 16.3. The number of ether oxygens (including phenoxy) is 2. The van der Waals surface area contributed by atoms with E-state index < -0.39 is 21.7 Å². The number of carbonyl (C=O) groups is 1. The van der Waals surface area contributed by atoms with Gasteiger partial charge in [0.05, 0.1) is 23.8 Å². The number of halogens is 2. The molecule has 0 atom stereocenters. The van der Waals surface area contributed by atoms with Crippen LogP contribution < -0.4 is 10.1 Å². The summed E-state index contributed by atoms with van der Waals surface area (Å²) in [5.41, 5.74) is 1.38. The Kier molecular flexibility index (Phi) is 7.47. The molecule has 178 valence electrons. The number of nitrogens with one attached hydrogen (secondary N) is 1. The maximum atomic E-state index is 13.1. The number of nitrogens with zero attached hydrogens (tertiary/aromatic N) is 1. The lowest BCUT2D eigenvalue weighted by Crippen LogP contribution is -2.40. The Labute approximate surface area is 202 Å². The number of benzene rings is 3. The van der Waals surface area contributed by atoms with Crippen LogP contribution in [0.15, 0.2) is 71.6 Å². The molecule has 1 fully saturated rings. The zero-order valence-electron chi connectivity index (χ0n) is 18.0. The predicted octanol–water partition coefficient (Wildman–Crippen LogP) is 4.33. The van der Waals surface area contributed by atoms with E-state index in [1.54, 1.807) is 42.5 Å². The Hall–Kier alpha value is -2.98. The summed E-state index contributed by atoms with van der Waals surface area (Å²) >= 11 is 6.08. The SMILES string of the molecule is O=C(Nc1cc(Cl)ccc1OCc1ccc(S(=O)(=O)N2CCOCC2)cc1)c1ccc(F)cc1. The molecule has 0 bridgehead atoms. The van der Waals surface area contributed by atoms with Gasteiger partial charge in [0.15, 0.2) is 0 Å². The van der Waals surface area contributed by atoms with Crippen LogP contribution in [-0.4, -0.2) is 44.9 Å². The molecule has 0 saturated carbocycles. The van der Waals surface area contributed by atoms with Gasteiger partial charge in [0.1, 0.15) is 18.2 Å². The van der Waals surface area contributed by atoms with E-state index in [2.05, 4.69) is 5.32 Å². The molecule has 1 heterocycles. The molecule has 0 aliphatic carbocycles. The van der Waals surface area contributed by atoms with E-state index in [1.165, 1.54) is 28.6 Å².